The van der Waals surface area contributed by atoms with E-state index < -0.39 is 11.7 Å². The Labute approximate surface area is 129 Å². The van der Waals surface area contributed by atoms with Gasteiger partial charge in [-0.2, -0.15) is 0 Å². The molecule has 0 spiro atoms. The summed E-state index contributed by atoms with van der Waals surface area (Å²) in [4.78, 5) is 0. The molecule has 0 aliphatic heterocycles. The van der Waals surface area contributed by atoms with Crippen LogP contribution in [0.2, 0.25) is 15.1 Å². The van der Waals surface area contributed by atoms with E-state index in [0.717, 1.165) is 0 Å². The number of ether oxygens (including phenoxy) is 1. The maximum atomic E-state index is 13.7. The Kier molecular flexibility index (Phi) is 4.38. The number of benzene rings is 2. The van der Waals surface area contributed by atoms with Gasteiger partial charge in [0.15, 0.2) is 0 Å². The van der Waals surface area contributed by atoms with Crippen molar-refractivity contribution in [2.24, 2.45) is 5.73 Å². The lowest BCUT2D eigenvalue weighted by atomic mass is 10.1. The molecule has 20 heavy (non-hydrogen) atoms. The third kappa shape index (κ3) is 2.98. The van der Waals surface area contributed by atoms with Crippen molar-refractivity contribution in [2.45, 2.75) is 0 Å². The Balaban J connectivity index is 2.48. The summed E-state index contributed by atoms with van der Waals surface area (Å²) in [5.74, 6) is -0.854. The van der Waals surface area contributed by atoms with Crippen molar-refractivity contribution in [3.63, 3.8) is 0 Å². The van der Waals surface area contributed by atoms with Gasteiger partial charge >= 0.3 is 0 Å². The molecule has 2 rings (SSSR count). The number of nitrogens with one attached hydrogen (secondary N) is 1. The maximum absolute atomic E-state index is 13.7. The summed E-state index contributed by atoms with van der Waals surface area (Å²) in [6.45, 7) is 0. The van der Waals surface area contributed by atoms with Crippen LogP contribution in [0.5, 0.6) is 11.5 Å². The summed E-state index contributed by atoms with van der Waals surface area (Å²) >= 11 is 17.7. The Morgan fingerprint density at radius 1 is 1.05 bits per heavy atom. The van der Waals surface area contributed by atoms with Gasteiger partial charge in [0.1, 0.15) is 23.2 Å². The first kappa shape index (κ1) is 14.9. The summed E-state index contributed by atoms with van der Waals surface area (Å²) in [5.41, 5.74) is 5.20. The van der Waals surface area contributed by atoms with Crippen molar-refractivity contribution < 1.29 is 9.13 Å². The van der Waals surface area contributed by atoms with Crippen LogP contribution in [0.4, 0.5) is 4.39 Å². The summed E-state index contributed by atoms with van der Waals surface area (Å²) in [7, 11) is 0. The van der Waals surface area contributed by atoms with Crippen LogP contribution in [0.1, 0.15) is 5.56 Å². The van der Waals surface area contributed by atoms with Crippen LogP contribution in [-0.2, 0) is 0 Å². The van der Waals surface area contributed by atoms with E-state index >= 15 is 0 Å². The van der Waals surface area contributed by atoms with Gasteiger partial charge in [-0.25, -0.2) is 4.39 Å². The van der Waals surface area contributed by atoms with Crippen LogP contribution >= 0.6 is 34.8 Å². The van der Waals surface area contributed by atoms with Gasteiger partial charge in [-0.05, 0) is 18.2 Å². The number of hydrogen-bond donors (Lipinski definition) is 2. The molecular formula is C13H8Cl3FN2O. The molecule has 0 saturated heterocycles. The molecule has 0 radical (unpaired) electrons. The highest BCUT2D eigenvalue weighted by Gasteiger charge is 2.15. The monoisotopic (exact) mass is 332 g/mol. The molecule has 0 aliphatic rings. The topological polar surface area (TPSA) is 59.1 Å². The molecule has 104 valence electrons. The van der Waals surface area contributed by atoms with Gasteiger partial charge in [-0.3, -0.25) is 5.41 Å². The third-order valence-corrected chi connectivity index (χ3v) is 3.46. The molecule has 7 heteroatoms. The van der Waals surface area contributed by atoms with Gasteiger partial charge in [0.25, 0.3) is 0 Å². The second kappa shape index (κ2) is 5.87. The zero-order valence-corrected chi connectivity index (χ0v) is 12.2. The minimum Gasteiger partial charge on any atom is -0.455 e. The average Bonchev–Trinajstić information content (AvgIpc) is 2.35. The molecule has 0 unspecified atom stereocenters. The minimum atomic E-state index is -0.661. The van der Waals surface area contributed by atoms with E-state index in [4.69, 9.17) is 50.7 Å². The molecule has 2 aromatic rings. The van der Waals surface area contributed by atoms with Crippen LogP contribution in [0.3, 0.4) is 0 Å². The maximum Gasteiger partial charge on any atom is 0.147 e. The van der Waals surface area contributed by atoms with E-state index in [9.17, 15) is 4.39 Å². The standard InChI is InChI=1S/C13H8Cl3FN2O/c14-6-4-8(16)11(5-7(6)15)20-10-3-1-2-9(17)12(10)13(18)19/h1-5H,(H3,18,19). The molecule has 0 heterocycles. The number of hydrogen-bond acceptors (Lipinski definition) is 2. The highest BCUT2D eigenvalue weighted by atomic mass is 35.5. The normalized spacial score (nSPS) is 10.4. The van der Waals surface area contributed by atoms with Crippen molar-refractivity contribution in [3.8, 4) is 11.5 Å². The Hall–Kier alpha value is -1.49. The first-order valence-corrected chi connectivity index (χ1v) is 6.49. The quantitative estimate of drug-likeness (QED) is 0.478. The molecule has 0 saturated carbocycles. The molecule has 0 atom stereocenters. The van der Waals surface area contributed by atoms with Crippen LogP contribution < -0.4 is 10.5 Å². The van der Waals surface area contributed by atoms with Crippen LogP contribution in [0.25, 0.3) is 0 Å². The highest BCUT2D eigenvalue weighted by Crippen LogP contribution is 2.37. The molecule has 0 aromatic heterocycles. The summed E-state index contributed by atoms with van der Waals surface area (Å²) < 4.78 is 19.1. The van der Waals surface area contributed by atoms with Gasteiger partial charge in [-0.1, -0.05) is 40.9 Å². The lowest BCUT2D eigenvalue weighted by molar-refractivity contribution is 0.475. The van der Waals surface area contributed by atoms with E-state index in [-0.39, 0.29) is 32.1 Å². The number of nitrogens with two attached hydrogens (primary N) is 1. The van der Waals surface area contributed by atoms with Gasteiger partial charge in [0.2, 0.25) is 0 Å². The molecule has 0 aliphatic carbocycles. The fraction of sp³-hybridized carbons (Fsp3) is 0. The second-order valence-corrected chi connectivity index (χ2v) is 5.05. The molecule has 0 bridgehead atoms. The van der Waals surface area contributed by atoms with Crippen molar-refractivity contribution in [1.82, 2.24) is 0 Å². The first-order chi connectivity index (χ1) is 9.40. The summed E-state index contributed by atoms with van der Waals surface area (Å²) in [6, 6.07) is 6.90. The largest absolute Gasteiger partial charge is 0.455 e. The van der Waals surface area contributed by atoms with Gasteiger partial charge < -0.3 is 10.5 Å². The van der Waals surface area contributed by atoms with Crippen molar-refractivity contribution >= 4 is 40.6 Å². The second-order valence-electron chi connectivity index (χ2n) is 3.83. The van der Waals surface area contributed by atoms with Gasteiger partial charge in [0.05, 0.1) is 20.6 Å². The zero-order valence-electron chi connectivity index (χ0n) is 9.88. The SMILES string of the molecule is N=C(N)c1c(F)cccc1Oc1cc(Cl)c(Cl)cc1Cl. The van der Waals surface area contributed by atoms with Crippen molar-refractivity contribution in [2.75, 3.05) is 0 Å². The fourth-order valence-corrected chi connectivity index (χ4v) is 2.13. The lowest BCUT2D eigenvalue weighted by Crippen LogP contribution is -2.14. The van der Waals surface area contributed by atoms with Crippen LogP contribution in [-0.4, -0.2) is 5.84 Å². The number of nitrogen functional groups attached to an aromatic ring is 1. The summed E-state index contributed by atoms with van der Waals surface area (Å²) in [5, 5.41) is 8.11. The van der Waals surface area contributed by atoms with E-state index in [1.807, 2.05) is 0 Å². The number of rotatable bonds is 3. The molecule has 0 amide bonds. The molecule has 3 nitrogen and oxygen atoms in total. The summed E-state index contributed by atoms with van der Waals surface area (Å²) in [6.07, 6.45) is 0. The highest BCUT2D eigenvalue weighted by molar-refractivity contribution is 6.43. The Morgan fingerprint density at radius 3 is 2.35 bits per heavy atom. The Bertz CT molecular complexity index is 692. The van der Waals surface area contributed by atoms with E-state index in [0.29, 0.717) is 0 Å². The predicted molar refractivity (Wildman–Crippen MR) is 79.0 cm³/mol. The first-order valence-electron chi connectivity index (χ1n) is 5.35. The fourth-order valence-electron chi connectivity index (χ4n) is 1.55. The minimum absolute atomic E-state index is 0.0674. The van der Waals surface area contributed by atoms with E-state index in [1.165, 1.54) is 30.3 Å². The van der Waals surface area contributed by atoms with Crippen molar-refractivity contribution in [3.05, 3.63) is 56.8 Å². The third-order valence-electron chi connectivity index (χ3n) is 2.44. The average molecular weight is 334 g/mol. The predicted octanol–water partition coefficient (Wildman–Crippen LogP) is 4.86. The Morgan fingerprint density at radius 2 is 1.70 bits per heavy atom. The molecular weight excluding hydrogens is 326 g/mol. The van der Waals surface area contributed by atoms with Crippen LogP contribution in [0, 0.1) is 11.2 Å². The number of halogens is 4. The lowest BCUT2D eigenvalue weighted by Gasteiger charge is -2.12. The molecule has 3 N–H and O–H groups in total. The van der Waals surface area contributed by atoms with E-state index in [2.05, 4.69) is 0 Å². The molecule has 2 aromatic carbocycles. The van der Waals surface area contributed by atoms with Crippen molar-refractivity contribution in [1.29, 1.82) is 5.41 Å². The number of amidine groups is 1. The van der Waals surface area contributed by atoms with E-state index in [1.54, 1.807) is 0 Å². The zero-order chi connectivity index (χ0) is 14.9. The van der Waals surface area contributed by atoms with Gasteiger partial charge in [-0.15, -0.1) is 0 Å². The van der Waals surface area contributed by atoms with Gasteiger partial charge in [0, 0.05) is 6.07 Å². The smallest absolute Gasteiger partial charge is 0.147 e. The van der Waals surface area contributed by atoms with Crippen LogP contribution in [0.15, 0.2) is 30.3 Å². The molecule has 0 fully saturated rings.